The minimum absolute atomic E-state index is 0.348. The molecule has 0 heterocycles. The topological polar surface area (TPSA) is 26.3 Å². The van der Waals surface area contributed by atoms with Crippen LogP contribution in [0.4, 0.5) is 4.39 Å². The number of halogens is 1. The van der Waals surface area contributed by atoms with E-state index in [1.165, 1.54) is 7.11 Å². The van der Waals surface area contributed by atoms with E-state index < -0.39 is 12.1 Å². The Morgan fingerprint density at radius 2 is 2.33 bits per heavy atom. The van der Waals surface area contributed by atoms with Crippen molar-refractivity contribution < 1.29 is 13.9 Å². The van der Waals surface area contributed by atoms with E-state index in [4.69, 9.17) is 0 Å². The summed E-state index contributed by atoms with van der Waals surface area (Å²) in [6.45, 7) is 2.02. The molecule has 2 nitrogen and oxygen atoms in total. The van der Waals surface area contributed by atoms with Crippen LogP contribution < -0.4 is 0 Å². The van der Waals surface area contributed by atoms with Gasteiger partial charge in [-0.05, 0) is 23.4 Å². The zero-order valence-electron chi connectivity index (χ0n) is 8.70. The van der Waals surface area contributed by atoms with E-state index in [0.717, 1.165) is 10.6 Å². The highest BCUT2D eigenvalue weighted by Gasteiger charge is 2.20. The number of thioether (sulfide) groups is 1. The normalized spacial score (nSPS) is 12.2. The van der Waals surface area contributed by atoms with Gasteiger partial charge in [0.05, 0.1) is 7.11 Å². The Labute approximate surface area is 92.8 Å². The van der Waals surface area contributed by atoms with Crippen molar-refractivity contribution in [1.82, 2.24) is 0 Å². The van der Waals surface area contributed by atoms with Crippen molar-refractivity contribution in [3.8, 4) is 0 Å². The Hall–Kier alpha value is -1.03. The first-order chi connectivity index (χ1) is 7.19. The molecule has 0 amide bonds. The Morgan fingerprint density at radius 1 is 1.60 bits per heavy atom. The van der Waals surface area contributed by atoms with Gasteiger partial charge in [0.25, 0.3) is 0 Å². The van der Waals surface area contributed by atoms with Gasteiger partial charge in [0, 0.05) is 4.90 Å². The van der Waals surface area contributed by atoms with E-state index in [2.05, 4.69) is 4.74 Å². The van der Waals surface area contributed by atoms with Gasteiger partial charge in [-0.25, -0.2) is 9.18 Å². The summed E-state index contributed by atoms with van der Waals surface area (Å²) in [5.74, 6) is 0.0622. The molecule has 0 aromatic heterocycles. The first-order valence-corrected chi connectivity index (χ1v) is 5.62. The van der Waals surface area contributed by atoms with Gasteiger partial charge in [-0.15, -0.1) is 11.8 Å². The maximum atomic E-state index is 13.5. The summed E-state index contributed by atoms with van der Waals surface area (Å²) >= 11 is 1.61. The first-order valence-electron chi connectivity index (χ1n) is 4.63. The third kappa shape index (κ3) is 3.23. The Balaban J connectivity index is 2.84. The van der Waals surface area contributed by atoms with Gasteiger partial charge in [0.2, 0.25) is 6.17 Å². The van der Waals surface area contributed by atoms with E-state index in [1.807, 2.05) is 13.0 Å². The number of esters is 1. The second-order valence-corrected chi connectivity index (χ2v) is 4.23. The maximum absolute atomic E-state index is 13.5. The lowest BCUT2D eigenvalue weighted by atomic mass is 10.1. The summed E-state index contributed by atoms with van der Waals surface area (Å²) in [4.78, 5) is 11.9. The molecular formula is C11H13FO2S. The van der Waals surface area contributed by atoms with Crippen molar-refractivity contribution in [3.05, 3.63) is 29.8 Å². The highest BCUT2D eigenvalue weighted by Crippen LogP contribution is 2.24. The summed E-state index contributed by atoms with van der Waals surface area (Å²) in [6, 6.07) is 6.89. The van der Waals surface area contributed by atoms with Gasteiger partial charge < -0.3 is 4.74 Å². The lowest BCUT2D eigenvalue weighted by Gasteiger charge is -2.07. The fraction of sp³-hybridized carbons (Fsp3) is 0.364. The summed E-state index contributed by atoms with van der Waals surface area (Å²) in [6.07, 6.45) is -1.69. The van der Waals surface area contributed by atoms with Gasteiger partial charge in [0.1, 0.15) is 0 Å². The number of benzene rings is 1. The minimum Gasteiger partial charge on any atom is -0.467 e. The quantitative estimate of drug-likeness (QED) is 0.585. The average Bonchev–Trinajstić information content (AvgIpc) is 2.28. The molecule has 0 fully saturated rings. The summed E-state index contributed by atoms with van der Waals surface area (Å²) in [7, 11) is 1.18. The molecule has 1 atom stereocenters. The molecule has 0 aliphatic rings. The average molecular weight is 228 g/mol. The molecule has 1 rings (SSSR count). The van der Waals surface area contributed by atoms with Crippen molar-refractivity contribution in [2.75, 3.05) is 12.9 Å². The second-order valence-electron chi connectivity index (χ2n) is 2.89. The van der Waals surface area contributed by atoms with Crippen LogP contribution in [0.25, 0.3) is 0 Å². The van der Waals surface area contributed by atoms with E-state index in [0.29, 0.717) is 5.56 Å². The molecule has 0 saturated carbocycles. The molecular weight excluding hydrogens is 215 g/mol. The van der Waals surface area contributed by atoms with E-state index >= 15 is 0 Å². The van der Waals surface area contributed by atoms with Crippen molar-refractivity contribution >= 4 is 17.7 Å². The van der Waals surface area contributed by atoms with Crippen LogP contribution in [0.5, 0.6) is 0 Å². The molecule has 1 aromatic rings. The second kappa shape index (κ2) is 5.75. The zero-order valence-corrected chi connectivity index (χ0v) is 9.51. The molecule has 0 saturated heterocycles. The number of hydrogen-bond donors (Lipinski definition) is 0. The molecule has 82 valence electrons. The highest BCUT2D eigenvalue weighted by molar-refractivity contribution is 7.99. The van der Waals surface area contributed by atoms with Crippen molar-refractivity contribution in [2.24, 2.45) is 0 Å². The number of alkyl halides is 1. The number of hydrogen-bond acceptors (Lipinski definition) is 3. The number of rotatable bonds is 4. The van der Waals surface area contributed by atoms with Gasteiger partial charge >= 0.3 is 5.97 Å². The number of ether oxygens (including phenoxy) is 1. The predicted octanol–water partition coefficient (Wildman–Crippen LogP) is 2.98. The molecule has 4 heteroatoms. The molecule has 1 unspecified atom stereocenters. The fourth-order valence-corrected chi connectivity index (χ4v) is 1.90. The standard InChI is InChI=1S/C11H13FO2S/c1-3-15-9-6-4-5-8(7-9)10(12)11(13)14-2/h4-7,10H,3H2,1-2H3. The number of carbonyl (C=O) groups is 1. The van der Waals surface area contributed by atoms with Crippen LogP contribution in [0.1, 0.15) is 18.7 Å². The van der Waals surface area contributed by atoms with Crippen LogP contribution in [0.2, 0.25) is 0 Å². The molecule has 0 aliphatic carbocycles. The third-order valence-corrected chi connectivity index (χ3v) is 2.75. The van der Waals surface area contributed by atoms with Crippen molar-refractivity contribution in [2.45, 2.75) is 18.0 Å². The predicted molar refractivity (Wildman–Crippen MR) is 58.7 cm³/mol. The van der Waals surface area contributed by atoms with Crippen LogP contribution in [0.15, 0.2) is 29.2 Å². The minimum atomic E-state index is -1.69. The highest BCUT2D eigenvalue weighted by atomic mass is 32.2. The lowest BCUT2D eigenvalue weighted by Crippen LogP contribution is -2.09. The Bertz CT molecular complexity index is 341. The van der Waals surface area contributed by atoms with Crippen LogP contribution >= 0.6 is 11.8 Å². The Kier molecular flexibility index (Phi) is 4.62. The zero-order chi connectivity index (χ0) is 11.3. The number of methoxy groups -OCH3 is 1. The first kappa shape index (κ1) is 12.0. The van der Waals surface area contributed by atoms with Crippen LogP contribution in [-0.4, -0.2) is 18.8 Å². The molecule has 0 aliphatic heterocycles. The summed E-state index contributed by atoms with van der Waals surface area (Å²) in [5.41, 5.74) is 0.348. The third-order valence-electron chi connectivity index (χ3n) is 1.87. The SMILES string of the molecule is CCSc1cccc(C(F)C(=O)OC)c1. The molecule has 1 aromatic carbocycles. The smallest absolute Gasteiger partial charge is 0.345 e. The lowest BCUT2D eigenvalue weighted by molar-refractivity contribution is -0.146. The molecule has 0 spiro atoms. The van der Waals surface area contributed by atoms with E-state index in [1.54, 1.807) is 30.0 Å². The maximum Gasteiger partial charge on any atom is 0.345 e. The van der Waals surface area contributed by atoms with Crippen LogP contribution in [-0.2, 0) is 9.53 Å². The monoisotopic (exact) mass is 228 g/mol. The van der Waals surface area contributed by atoms with Gasteiger partial charge in [-0.3, -0.25) is 0 Å². The number of carbonyl (C=O) groups excluding carboxylic acids is 1. The van der Waals surface area contributed by atoms with E-state index in [9.17, 15) is 9.18 Å². The molecule has 0 N–H and O–H groups in total. The van der Waals surface area contributed by atoms with Crippen molar-refractivity contribution in [1.29, 1.82) is 0 Å². The van der Waals surface area contributed by atoms with Gasteiger partial charge in [-0.2, -0.15) is 0 Å². The van der Waals surface area contributed by atoms with Gasteiger partial charge in [-0.1, -0.05) is 19.1 Å². The van der Waals surface area contributed by atoms with Crippen LogP contribution in [0, 0.1) is 0 Å². The molecule has 0 radical (unpaired) electrons. The molecule has 0 bridgehead atoms. The summed E-state index contributed by atoms with van der Waals surface area (Å²) < 4.78 is 17.8. The fourth-order valence-electron chi connectivity index (χ4n) is 1.17. The largest absolute Gasteiger partial charge is 0.467 e. The van der Waals surface area contributed by atoms with E-state index in [-0.39, 0.29) is 0 Å². The van der Waals surface area contributed by atoms with Crippen molar-refractivity contribution in [3.63, 3.8) is 0 Å². The van der Waals surface area contributed by atoms with Crippen LogP contribution in [0.3, 0.4) is 0 Å². The Morgan fingerprint density at radius 3 is 2.93 bits per heavy atom. The summed E-state index contributed by atoms with van der Waals surface area (Å²) in [5, 5.41) is 0. The van der Waals surface area contributed by atoms with Gasteiger partial charge in [0.15, 0.2) is 0 Å². The molecule has 15 heavy (non-hydrogen) atoms.